The minimum absolute atomic E-state index is 0.0736. The number of amides is 2. The highest BCUT2D eigenvalue weighted by Crippen LogP contribution is 2.65. The SMILES string of the molecule is CC(=O)Nc1c(F)ccc(CC(=O)c2cc(NC(=O)C3C(c4cc(C(F)(F)F)cc(C(F)(F)F)c4)C3(Cl)Cl)ccc2Cl)c1F. The van der Waals surface area contributed by atoms with Gasteiger partial charge in [-0.1, -0.05) is 17.7 Å². The highest BCUT2D eigenvalue weighted by atomic mass is 35.5. The number of ketones is 1. The molecule has 0 saturated heterocycles. The first-order chi connectivity index (χ1) is 20.2. The molecule has 2 N–H and O–H groups in total. The molecule has 0 bridgehead atoms. The molecular weight excluding hydrogens is 671 g/mol. The lowest BCUT2D eigenvalue weighted by molar-refractivity contribution is -0.143. The molecule has 0 radical (unpaired) electrons. The Morgan fingerprint density at radius 2 is 1.45 bits per heavy atom. The highest BCUT2D eigenvalue weighted by molar-refractivity contribution is 6.53. The van der Waals surface area contributed by atoms with Crippen LogP contribution in [0, 0.1) is 17.6 Å². The lowest BCUT2D eigenvalue weighted by Gasteiger charge is -2.14. The second kappa shape index (κ2) is 11.8. The van der Waals surface area contributed by atoms with Crippen molar-refractivity contribution >= 4 is 63.8 Å². The number of carbonyl (C=O) groups excluding carboxylic acids is 3. The van der Waals surface area contributed by atoms with Crippen LogP contribution in [0.1, 0.15) is 45.5 Å². The van der Waals surface area contributed by atoms with Gasteiger partial charge in [0.05, 0.1) is 22.1 Å². The normalized spacial score (nSPS) is 17.6. The minimum atomic E-state index is -5.14. The van der Waals surface area contributed by atoms with E-state index in [1.165, 1.54) is 12.1 Å². The summed E-state index contributed by atoms with van der Waals surface area (Å²) in [7, 11) is 0. The largest absolute Gasteiger partial charge is 0.416 e. The Hall–Kier alpha value is -3.42. The lowest BCUT2D eigenvalue weighted by atomic mass is 10.0. The summed E-state index contributed by atoms with van der Waals surface area (Å²) in [5.74, 6) is -7.77. The predicted molar refractivity (Wildman–Crippen MR) is 146 cm³/mol. The first kappa shape index (κ1) is 33.5. The van der Waals surface area contributed by atoms with Gasteiger partial charge in [0, 0.05) is 30.5 Å². The third-order valence-corrected chi connectivity index (χ3v) is 7.93. The molecule has 3 aromatic rings. The smallest absolute Gasteiger partial charge is 0.326 e. The van der Waals surface area contributed by atoms with Crippen LogP contribution in [0.4, 0.5) is 46.5 Å². The van der Waals surface area contributed by atoms with Crippen molar-refractivity contribution in [1.82, 2.24) is 0 Å². The predicted octanol–water partition coefficient (Wildman–Crippen LogP) is 8.57. The minimum Gasteiger partial charge on any atom is -0.326 e. The Morgan fingerprint density at radius 3 is 2.00 bits per heavy atom. The van der Waals surface area contributed by atoms with E-state index in [4.69, 9.17) is 34.8 Å². The molecule has 1 fully saturated rings. The van der Waals surface area contributed by atoms with Gasteiger partial charge in [-0.15, -0.1) is 23.2 Å². The van der Waals surface area contributed by atoms with Gasteiger partial charge in [-0.05, 0) is 53.6 Å². The number of hydrogen-bond donors (Lipinski definition) is 2. The Labute approximate surface area is 258 Å². The van der Waals surface area contributed by atoms with Crippen molar-refractivity contribution < 1.29 is 49.5 Å². The van der Waals surface area contributed by atoms with Gasteiger partial charge in [-0.25, -0.2) is 8.78 Å². The molecule has 0 aromatic heterocycles. The zero-order valence-electron chi connectivity index (χ0n) is 21.9. The third kappa shape index (κ3) is 6.94. The number of halogens is 11. The number of anilines is 2. The van der Waals surface area contributed by atoms with Crippen LogP contribution < -0.4 is 10.6 Å². The van der Waals surface area contributed by atoms with Crippen molar-refractivity contribution in [3.05, 3.63) is 93.0 Å². The van der Waals surface area contributed by atoms with Crippen LogP contribution >= 0.6 is 34.8 Å². The summed E-state index contributed by atoms with van der Waals surface area (Å²) in [5.41, 5.74) is -5.15. The fraction of sp³-hybridized carbons (Fsp3) is 0.250. The number of nitrogens with one attached hydrogen (secondary N) is 2. The molecule has 2 atom stereocenters. The standard InChI is InChI=1S/C28H17Cl3F8N2O3/c1-11(42)40-24-19(32)5-2-12(23(24)33)8-20(43)17-10-16(3-4-18(17)29)41-25(44)22-21(26(22,30)31)13-6-14(27(34,35)36)9-15(7-13)28(37,38)39/h2-7,9-10,21-22H,8H2,1H3,(H,40,42)(H,41,44). The average Bonchev–Trinajstić information content (AvgIpc) is 3.49. The van der Waals surface area contributed by atoms with Crippen LogP contribution in [0.25, 0.3) is 0 Å². The van der Waals surface area contributed by atoms with E-state index in [0.29, 0.717) is 12.1 Å². The third-order valence-electron chi connectivity index (χ3n) is 6.66. The number of Topliss-reactive ketones (excluding diaryl/α,β-unsaturated/α-hetero) is 1. The van der Waals surface area contributed by atoms with E-state index in [2.05, 4.69) is 5.32 Å². The topological polar surface area (TPSA) is 75.3 Å². The van der Waals surface area contributed by atoms with Crippen molar-refractivity contribution in [3.8, 4) is 0 Å². The number of rotatable bonds is 7. The summed E-state index contributed by atoms with van der Waals surface area (Å²) in [4.78, 5) is 37.3. The van der Waals surface area contributed by atoms with Gasteiger partial charge in [0.15, 0.2) is 11.6 Å². The van der Waals surface area contributed by atoms with E-state index < -0.39 is 86.6 Å². The van der Waals surface area contributed by atoms with Crippen molar-refractivity contribution in [3.63, 3.8) is 0 Å². The van der Waals surface area contributed by atoms with Gasteiger partial charge in [-0.2, -0.15) is 26.3 Å². The first-order valence-electron chi connectivity index (χ1n) is 12.3. The van der Waals surface area contributed by atoms with Gasteiger partial charge < -0.3 is 10.6 Å². The molecular formula is C28H17Cl3F8N2O3. The molecule has 44 heavy (non-hydrogen) atoms. The summed E-state index contributed by atoms with van der Waals surface area (Å²) in [6.45, 7) is 1.03. The van der Waals surface area contributed by atoms with Gasteiger partial charge in [0.1, 0.15) is 15.8 Å². The molecule has 1 aliphatic rings. The maximum atomic E-state index is 14.8. The summed E-state index contributed by atoms with van der Waals surface area (Å²) >= 11 is 18.4. The molecule has 234 valence electrons. The highest BCUT2D eigenvalue weighted by Gasteiger charge is 2.68. The van der Waals surface area contributed by atoms with E-state index in [0.717, 1.165) is 25.1 Å². The van der Waals surface area contributed by atoms with Gasteiger partial charge in [0.25, 0.3) is 0 Å². The number of carbonyl (C=O) groups is 3. The van der Waals surface area contributed by atoms with Crippen LogP contribution in [0.15, 0.2) is 48.5 Å². The number of hydrogen-bond acceptors (Lipinski definition) is 3. The zero-order valence-corrected chi connectivity index (χ0v) is 24.1. The fourth-order valence-electron chi connectivity index (χ4n) is 4.55. The maximum Gasteiger partial charge on any atom is 0.416 e. The van der Waals surface area contributed by atoms with E-state index in [9.17, 15) is 49.5 Å². The Balaban J connectivity index is 1.57. The monoisotopic (exact) mass is 686 g/mol. The number of benzene rings is 3. The van der Waals surface area contributed by atoms with Gasteiger partial charge in [-0.3, -0.25) is 14.4 Å². The van der Waals surface area contributed by atoms with E-state index >= 15 is 0 Å². The molecule has 5 nitrogen and oxygen atoms in total. The quantitative estimate of drug-likeness (QED) is 0.149. The molecule has 3 aromatic carbocycles. The van der Waals surface area contributed by atoms with Crippen molar-refractivity contribution in [2.45, 2.75) is 35.9 Å². The van der Waals surface area contributed by atoms with E-state index in [1.54, 1.807) is 0 Å². The zero-order chi connectivity index (χ0) is 32.9. The Bertz CT molecular complexity index is 1640. The summed E-state index contributed by atoms with van der Waals surface area (Å²) < 4.78 is 107. The van der Waals surface area contributed by atoms with Crippen LogP contribution in [-0.2, 0) is 28.4 Å². The van der Waals surface area contributed by atoms with E-state index in [1.807, 2.05) is 5.32 Å². The van der Waals surface area contributed by atoms with Gasteiger partial charge in [0.2, 0.25) is 11.8 Å². The molecule has 0 spiro atoms. The fourth-order valence-corrected chi connectivity index (χ4v) is 5.61. The Morgan fingerprint density at radius 1 is 0.864 bits per heavy atom. The molecule has 0 heterocycles. The van der Waals surface area contributed by atoms with E-state index in [-0.39, 0.29) is 27.9 Å². The Kier molecular flexibility index (Phi) is 9.00. The van der Waals surface area contributed by atoms with Crippen LogP contribution in [0.5, 0.6) is 0 Å². The molecule has 16 heteroatoms. The van der Waals surface area contributed by atoms with Crippen molar-refractivity contribution in [2.75, 3.05) is 10.6 Å². The maximum absolute atomic E-state index is 14.8. The summed E-state index contributed by atoms with van der Waals surface area (Å²) in [6, 6.07) is 6.12. The second-order valence-electron chi connectivity index (χ2n) is 9.83. The van der Waals surface area contributed by atoms with Crippen LogP contribution in [0.2, 0.25) is 5.02 Å². The molecule has 2 unspecified atom stereocenters. The first-order valence-corrected chi connectivity index (χ1v) is 13.4. The van der Waals surface area contributed by atoms with Gasteiger partial charge >= 0.3 is 12.4 Å². The lowest BCUT2D eigenvalue weighted by Crippen LogP contribution is -2.18. The molecule has 4 rings (SSSR count). The second-order valence-corrected chi connectivity index (χ2v) is 11.7. The van der Waals surface area contributed by atoms with Crippen molar-refractivity contribution in [1.29, 1.82) is 0 Å². The molecule has 1 aliphatic carbocycles. The van der Waals surface area contributed by atoms with Crippen LogP contribution in [-0.4, -0.2) is 21.9 Å². The molecule has 2 amide bonds. The summed E-state index contributed by atoms with van der Waals surface area (Å²) in [6.07, 6.45) is -10.9. The average molecular weight is 688 g/mol. The molecule has 0 aliphatic heterocycles. The van der Waals surface area contributed by atoms with Crippen molar-refractivity contribution in [2.24, 2.45) is 5.92 Å². The number of alkyl halides is 8. The van der Waals surface area contributed by atoms with Crippen LogP contribution in [0.3, 0.4) is 0 Å². The molecule has 1 saturated carbocycles. The summed E-state index contributed by atoms with van der Waals surface area (Å²) in [5, 5.41) is 4.21.